The molecule has 0 fully saturated rings. The minimum Gasteiger partial charge on any atom is -0.481 e. The second-order valence-electron chi connectivity index (χ2n) is 3.57. The first-order valence-electron chi connectivity index (χ1n) is 5.47. The van der Waals surface area contributed by atoms with Crippen LogP contribution in [0.4, 0.5) is 0 Å². The van der Waals surface area contributed by atoms with E-state index in [2.05, 4.69) is 17.1 Å². The first kappa shape index (κ1) is 12.6. The molecule has 0 aliphatic heterocycles. The number of carboxylic acid groups (broad SMARTS) is 1. The topological polar surface area (TPSA) is 76.2 Å². The van der Waals surface area contributed by atoms with Crippen LogP contribution in [-0.4, -0.2) is 27.0 Å². The Balaban J connectivity index is 2.21. The lowest BCUT2D eigenvalue weighted by Crippen LogP contribution is -1.97. The zero-order chi connectivity index (χ0) is 13.0. The van der Waals surface area contributed by atoms with Gasteiger partial charge >= 0.3 is 5.97 Å². The molecule has 94 valence electrons. The molecule has 1 aromatic heterocycles. The molecule has 0 radical (unpaired) electrons. The van der Waals surface area contributed by atoms with E-state index in [1.54, 1.807) is 0 Å². The Kier molecular flexibility index (Phi) is 3.99. The maximum Gasteiger partial charge on any atom is 0.314 e. The van der Waals surface area contributed by atoms with Gasteiger partial charge in [-0.25, -0.2) is 0 Å². The van der Waals surface area contributed by atoms with Gasteiger partial charge in [-0.15, -0.1) is 10.2 Å². The highest BCUT2D eigenvalue weighted by molar-refractivity contribution is 7.99. The number of hydrogen-bond donors (Lipinski definition) is 1. The summed E-state index contributed by atoms with van der Waals surface area (Å²) >= 11 is 1.02. The Hall–Kier alpha value is -1.82. The number of aliphatic carboxylic acids is 1. The molecule has 5 nitrogen and oxygen atoms in total. The molecule has 0 aliphatic rings. The second-order valence-corrected chi connectivity index (χ2v) is 4.49. The summed E-state index contributed by atoms with van der Waals surface area (Å²) in [5.41, 5.74) is 2.02. The van der Waals surface area contributed by atoms with Gasteiger partial charge in [0.25, 0.3) is 5.22 Å². The third-order valence-corrected chi connectivity index (χ3v) is 3.16. The van der Waals surface area contributed by atoms with Crippen molar-refractivity contribution in [2.24, 2.45) is 0 Å². The van der Waals surface area contributed by atoms with Crippen molar-refractivity contribution in [3.8, 4) is 11.5 Å². The molecule has 0 aliphatic carbocycles. The van der Waals surface area contributed by atoms with Crippen LogP contribution >= 0.6 is 11.8 Å². The largest absolute Gasteiger partial charge is 0.481 e. The van der Waals surface area contributed by atoms with Gasteiger partial charge < -0.3 is 9.52 Å². The van der Waals surface area contributed by atoms with Crippen molar-refractivity contribution < 1.29 is 14.3 Å². The first-order valence-corrected chi connectivity index (χ1v) is 6.45. The van der Waals surface area contributed by atoms with Crippen molar-refractivity contribution in [3.63, 3.8) is 0 Å². The van der Waals surface area contributed by atoms with Gasteiger partial charge in [-0.1, -0.05) is 36.9 Å². The standard InChI is InChI=1S/C12H12N2O3S/c1-2-8-5-3-4-6-9(8)11-13-14-12(17-11)18-7-10(15)16/h3-6H,2,7H2,1H3,(H,15,16). The van der Waals surface area contributed by atoms with Gasteiger partial charge in [0.1, 0.15) is 5.75 Å². The number of rotatable bonds is 5. The van der Waals surface area contributed by atoms with Gasteiger partial charge in [0.05, 0.1) is 0 Å². The summed E-state index contributed by atoms with van der Waals surface area (Å²) < 4.78 is 5.44. The molecule has 2 aromatic rings. The average molecular weight is 264 g/mol. The fourth-order valence-electron chi connectivity index (χ4n) is 1.54. The maximum absolute atomic E-state index is 10.4. The number of aromatic nitrogens is 2. The molecular formula is C12H12N2O3S. The summed E-state index contributed by atoms with van der Waals surface area (Å²) in [6, 6.07) is 7.78. The van der Waals surface area contributed by atoms with Crippen molar-refractivity contribution in [3.05, 3.63) is 29.8 Å². The number of hydrogen-bond acceptors (Lipinski definition) is 5. The summed E-state index contributed by atoms with van der Waals surface area (Å²) in [6.45, 7) is 2.05. The zero-order valence-electron chi connectivity index (χ0n) is 9.79. The van der Waals surface area contributed by atoms with Gasteiger partial charge in [-0.3, -0.25) is 4.79 Å². The molecule has 0 amide bonds. The second kappa shape index (κ2) is 5.68. The van der Waals surface area contributed by atoms with Gasteiger partial charge in [0.15, 0.2) is 0 Å². The zero-order valence-corrected chi connectivity index (χ0v) is 10.6. The van der Waals surface area contributed by atoms with E-state index in [0.717, 1.165) is 29.3 Å². The third kappa shape index (κ3) is 2.89. The Morgan fingerprint density at radius 1 is 1.39 bits per heavy atom. The Labute approximate surface area is 108 Å². The smallest absolute Gasteiger partial charge is 0.314 e. The summed E-state index contributed by atoms with van der Waals surface area (Å²) in [4.78, 5) is 10.4. The predicted molar refractivity (Wildman–Crippen MR) is 67.5 cm³/mol. The van der Waals surface area contributed by atoms with Crippen molar-refractivity contribution >= 4 is 17.7 Å². The van der Waals surface area contributed by atoms with Crippen LogP contribution in [0, 0.1) is 0 Å². The van der Waals surface area contributed by atoms with Crippen LogP contribution in [0.2, 0.25) is 0 Å². The molecule has 1 aromatic carbocycles. The Morgan fingerprint density at radius 3 is 2.89 bits per heavy atom. The molecule has 2 rings (SSSR count). The van der Waals surface area contributed by atoms with Crippen molar-refractivity contribution in [2.75, 3.05) is 5.75 Å². The Bertz CT molecular complexity index is 554. The number of nitrogens with zero attached hydrogens (tertiary/aromatic N) is 2. The van der Waals surface area contributed by atoms with Crippen LogP contribution in [0.3, 0.4) is 0 Å². The molecule has 0 bridgehead atoms. The van der Waals surface area contributed by atoms with Crippen LogP contribution in [0.5, 0.6) is 0 Å². The van der Waals surface area contributed by atoms with E-state index in [0.29, 0.717) is 5.89 Å². The normalized spacial score (nSPS) is 10.5. The molecule has 6 heteroatoms. The number of carboxylic acids is 1. The van der Waals surface area contributed by atoms with Crippen LogP contribution in [0.25, 0.3) is 11.5 Å². The quantitative estimate of drug-likeness (QED) is 0.836. The van der Waals surface area contributed by atoms with Gasteiger partial charge in [0.2, 0.25) is 5.89 Å². The molecule has 1 N–H and O–H groups in total. The van der Waals surface area contributed by atoms with E-state index in [1.165, 1.54) is 0 Å². The van der Waals surface area contributed by atoms with Gasteiger partial charge in [-0.05, 0) is 18.1 Å². The van der Waals surface area contributed by atoms with Crippen molar-refractivity contribution in [2.45, 2.75) is 18.6 Å². The lowest BCUT2D eigenvalue weighted by molar-refractivity contribution is -0.133. The average Bonchev–Trinajstić information content (AvgIpc) is 2.85. The summed E-state index contributed by atoms with van der Waals surface area (Å²) in [7, 11) is 0. The molecule has 18 heavy (non-hydrogen) atoms. The van der Waals surface area contributed by atoms with Crippen molar-refractivity contribution in [1.82, 2.24) is 10.2 Å². The summed E-state index contributed by atoms with van der Waals surface area (Å²) in [6.07, 6.45) is 0.871. The molecule has 0 spiro atoms. The van der Waals surface area contributed by atoms with E-state index in [1.807, 2.05) is 24.3 Å². The first-order chi connectivity index (χ1) is 8.70. The van der Waals surface area contributed by atoms with Crippen LogP contribution in [0.1, 0.15) is 12.5 Å². The molecular weight excluding hydrogens is 252 g/mol. The van der Waals surface area contributed by atoms with Gasteiger partial charge in [-0.2, -0.15) is 0 Å². The minimum absolute atomic E-state index is 0.0863. The summed E-state index contributed by atoms with van der Waals surface area (Å²) in [5, 5.41) is 16.6. The lowest BCUT2D eigenvalue weighted by atomic mass is 10.1. The fourth-order valence-corrected chi connectivity index (χ4v) is 2.02. The monoisotopic (exact) mass is 264 g/mol. The number of aryl methyl sites for hydroxylation is 1. The highest BCUT2D eigenvalue weighted by atomic mass is 32.2. The molecule has 0 saturated heterocycles. The maximum atomic E-state index is 10.4. The Morgan fingerprint density at radius 2 is 2.17 bits per heavy atom. The van der Waals surface area contributed by atoms with Gasteiger partial charge in [0, 0.05) is 5.56 Å². The van der Waals surface area contributed by atoms with Crippen LogP contribution < -0.4 is 0 Å². The van der Waals surface area contributed by atoms with E-state index in [9.17, 15) is 4.79 Å². The number of thioether (sulfide) groups is 1. The minimum atomic E-state index is -0.909. The highest BCUT2D eigenvalue weighted by Gasteiger charge is 2.12. The molecule has 0 saturated carbocycles. The SMILES string of the molecule is CCc1ccccc1-c1nnc(SCC(=O)O)o1. The van der Waals surface area contributed by atoms with E-state index >= 15 is 0 Å². The highest BCUT2D eigenvalue weighted by Crippen LogP contribution is 2.25. The molecule has 0 unspecified atom stereocenters. The fraction of sp³-hybridized carbons (Fsp3) is 0.250. The third-order valence-electron chi connectivity index (χ3n) is 2.35. The van der Waals surface area contributed by atoms with Crippen molar-refractivity contribution in [1.29, 1.82) is 0 Å². The molecule has 0 atom stereocenters. The summed E-state index contributed by atoms with van der Waals surface area (Å²) in [5.74, 6) is -0.564. The number of carbonyl (C=O) groups is 1. The van der Waals surface area contributed by atoms with Crippen LogP contribution in [-0.2, 0) is 11.2 Å². The van der Waals surface area contributed by atoms with Crippen LogP contribution in [0.15, 0.2) is 33.9 Å². The van der Waals surface area contributed by atoms with E-state index in [4.69, 9.17) is 9.52 Å². The predicted octanol–water partition coefficient (Wildman–Crippen LogP) is 2.48. The van der Waals surface area contributed by atoms with E-state index in [-0.39, 0.29) is 11.0 Å². The van der Waals surface area contributed by atoms with E-state index < -0.39 is 5.97 Å². The number of benzene rings is 1. The lowest BCUT2D eigenvalue weighted by Gasteiger charge is -2.01. The molecule has 1 heterocycles.